The van der Waals surface area contributed by atoms with E-state index in [1.165, 1.54) is 56.9 Å². The van der Waals surface area contributed by atoms with Crippen molar-refractivity contribution in [1.82, 2.24) is 0 Å². The molecule has 0 amide bonds. The molecule has 0 saturated heterocycles. The molecule has 1 heteroatoms. The predicted molar refractivity (Wildman–Crippen MR) is 133 cm³/mol. The van der Waals surface area contributed by atoms with Gasteiger partial charge in [0, 0.05) is 0 Å². The highest BCUT2D eigenvalue weighted by Gasteiger charge is 2.68. The lowest BCUT2D eigenvalue weighted by Gasteiger charge is -2.72. The lowest BCUT2D eigenvalue weighted by atomic mass is 9.33. The predicted octanol–water partition coefficient (Wildman–Crippen LogP) is 8.56. The van der Waals surface area contributed by atoms with Gasteiger partial charge in [-0.25, -0.2) is 0 Å². The van der Waals surface area contributed by atoms with Crippen molar-refractivity contribution in [2.24, 2.45) is 45.3 Å². The van der Waals surface area contributed by atoms with Gasteiger partial charge < -0.3 is 5.11 Å². The van der Waals surface area contributed by atoms with Crippen molar-refractivity contribution in [2.75, 3.05) is 0 Å². The topological polar surface area (TPSA) is 20.2 Å². The van der Waals surface area contributed by atoms with Gasteiger partial charge in [-0.3, -0.25) is 0 Å². The molecule has 0 aromatic rings. The normalized spacial score (nSPS) is 51.3. The standard InChI is InChI=1S/C30H52O/c1-21(2)11-9-12-23-22-13-14-25-27(5)17-10-16-26(3,4)24(27)15-18-29(25,7)28(22,6)19-20-30(23,8)31/h11,22-25,31H,9-10,12-20H2,1-8H3. The summed E-state index contributed by atoms with van der Waals surface area (Å²) in [6.45, 7) is 19.8. The molecule has 0 spiro atoms. The first-order valence-electron chi connectivity index (χ1n) is 13.6. The number of allylic oxidation sites excluding steroid dienone is 2. The van der Waals surface area contributed by atoms with E-state index in [4.69, 9.17) is 0 Å². The van der Waals surface area contributed by atoms with E-state index in [1.54, 1.807) is 0 Å². The van der Waals surface area contributed by atoms with Crippen LogP contribution in [0.1, 0.15) is 126 Å². The lowest BCUT2D eigenvalue weighted by Crippen LogP contribution is -2.66. The Labute approximate surface area is 193 Å². The quantitative estimate of drug-likeness (QED) is 0.446. The van der Waals surface area contributed by atoms with Gasteiger partial charge in [0.25, 0.3) is 0 Å². The first-order valence-corrected chi connectivity index (χ1v) is 13.6. The molecule has 4 aliphatic rings. The van der Waals surface area contributed by atoms with Crippen LogP contribution >= 0.6 is 0 Å². The van der Waals surface area contributed by atoms with Crippen LogP contribution in [-0.4, -0.2) is 10.7 Å². The Kier molecular flexibility index (Phi) is 5.85. The molecule has 1 nitrogen and oxygen atoms in total. The third-order valence-corrected chi connectivity index (χ3v) is 12.1. The number of aliphatic hydroxyl groups is 1. The summed E-state index contributed by atoms with van der Waals surface area (Å²) in [6, 6.07) is 0. The molecule has 178 valence electrons. The molecule has 0 bridgehead atoms. The molecule has 8 unspecified atom stereocenters. The van der Waals surface area contributed by atoms with E-state index in [0.29, 0.717) is 33.5 Å². The van der Waals surface area contributed by atoms with Crippen molar-refractivity contribution in [2.45, 2.75) is 132 Å². The lowest BCUT2D eigenvalue weighted by molar-refractivity contribution is -0.244. The van der Waals surface area contributed by atoms with Gasteiger partial charge in [0.2, 0.25) is 0 Å². The largest absolute Gasteiger partial charge is 0.390 e. The van der Waals surface area contributed by atoms with Crippen molar-refractivity contribution in [3.8, 4) is 0 Å². The molecular formula is C30H52O. The minimum atomic E-state index is -0.489. The number of fused-ring (bicyclic) bond motifs is 5. The van der Waals surface area contributed by atoms with Crippen LogP contribution < -0.4 is 0 Å². The molecule has 0 heterocycles. The first-order chi connectivity index (χ1) is 14.3. The van der Waals surface area contributed by atoms with E-state index in [2.05, 4.69) is 61.5 Å². The Bertz CT molecular complexity index is 712. The summed E-state index contributed by atoms with van der Waals surface area (Å²) in [7, 11) is 0. The fourth-order valence-electron chi connectivity index (χ4n) is 10.4. The zero-order valence-electron chi connectivity index (χ0n) is 22.1. The van der Waals surface area contributed by atoms with Gasteiger partial charge in [0.1, 0.15) is 0 Å². The maximum absolute atomic E-state index is 11.5. The molecule has 0 radical (unpaired) electrons. The van der Waals surface area contributed by atoms with Gasteiger partial charge in [0.05, 0.1) is 5.60 Å². The van der Waals surface area contributed by atoms with Crippen molar-refractivity contribution in [3.63, 3.8) is 0 Å². The van der Waals surface area contributed by atoms with E-state index in [9.17, 15) is 5.11 Å². The van der Waals surface area contributed by atoms with Gasteiger partial charge in [-0.15, -0.1) is 0 Å². The number of hydrogen-bond donors (Lipinski definition) is 1. The van der Waals surface area contributed by atoms with Crippen LogP contribution in [0, 0.1) is 45.3 Å². The smallest absolute Gasteiger partial charge is 0.0651 e. The van der Waals surface area contributed by atoms with E-state index in [-0.39, 0.29) is 0 Å². The summed E-state index contributed by atoms with van der Waals surface area (Å²) in [5, 5.41) is 11.5. The zero-order chi connectivity index (χ0) is 22.9. The second-order valence-electron chi connectivity index (χ2n) is 14.3. The van der Waals surface area contributed by atoms with Crippen LogP contribution in [0.15, 0.2) is 11.6 Å². The number of rotatable bonds is 3. The van der Waals surface area contributed by atoms with Gasteiger partial charge in [-0.05, 0) is 130 Å². The fraction of sp³-hybridized carbons (Fsp3) is 0.933. The monoisotopic (exact) mass is 428 g/mol. The summed E-state index contributed by atoms with van der Waals surface area (Å²) >= 11 is 0. The van der Waals surface area contributed by atoms with Gasteiger partial charge >= 0.3 is 0 Å². The summed E-state index contributed by atoms with van der Waals surface area (Å²) < 4.78 is 0. The van der Waals surface area contributed by atoms with Crippen LogP contribution in [0.3, 0.4) is 0 Å². The van der Waals surface area contributed by atoms with E-state index < -0.39 is 5.60 Å². The first kappa shape index (κ1) is 23.8. The molecular weight excluding hydrogens is 376 g/mol. The molecule has 0 aromatic heterocycles. The van der Waals surface area contributed by atoms with Crippen molar-refractivity contribution >= 4 is 0 Å². The van der Waals surface area contributed by atoms with Crippen LogP contribution in [-0.2, 0) is 0 Å². The Hall–Kier alpha value is -0.300. The zero-order valence-corrected chi connectivity index (χ0v) is 22.1. The fourth-order valence-corrected chi connectivity index (χ4v) is 10.4. The highest BCUT2D eigenvalue weighted by molar-refractivity contribution is 5.17. The maximum atomic E-state index is 11.5. The van der Waals surface area contributed by atoms with E-state index in [1.807, 2.05) is 0 Å². The minimum Gasteiger partial charge on any atom is -0.390 e. The second-order valence-corrected chi connectivity index (χ2v) is 14.3. The Morgan fingerprint density at radius 3 is 2.19 bits per heavy atom. The van der Waals surface area contributed by atoms with Crippen molar-refractivity contribution in [1.29, 1.82) is 0 Å². The molecule has 4 fully saturated rings. The molecule has 31 heavy (non-hydrogen) atoms. The summed E-state index contributed by atoms with van der Waals surface area (Å²) in [4.78, 5) is 0. The molecule has 4 rings (SSSR count). The molecule has 0 aromatic carbocycles. The Morgan fingerprint density at radius 2 is 1.52 bits per heavy atom. The molecule has 4 saturated carbocycles. The Morgan fingerprint density at radius 1 is 0.806 bits per heavy atom. The SMILES string of the molecule is CC(C)=CCCC1C2CCC3C4(C)CCCC(C)(C)C4CCC3(C)C2(C)CCC1(C)O. The maximum Gasteiger partial charge on any atom is 0.0651 e. The van der Waals surface area contributed by atoms with Gasteiger partial charge in [-0.1, -0.05) is 52.7 Å². The van der Waals surface area contributed by atoms with Gasteiger partial charge in [0.15, 0.2) is 0 Å². The highest BCUT2D eigenvalue weighted by Crippen LogP contribution is 2.75. The van der Waals surface area contributed by atoms with Crippen LogP contribution in [0.2, 0.25) is 0 Å². The van der Waals surface area contributed by atoms with Crippen LogP contribution in [0.25, 0.3) is 0 Å². The molecule has 8 atom stereocenters. The summed E-state index contributed by atoms with van der Waals surface area (Å²) in [5.74, 6) is 2.89. The second kappa shape index (κ2) is 7.61. The van der Waals surface area contributed by atoms with Crippen LogP contribution in [0.4, 0.5) is 0 Å². The van der Waals surface area contributed by atoms with Crippen molar-refractivity contribution < 1.29 is 5.11 Å². The number of hydrogen-bond acceptors (Lipinski definition) is 1. The Balaban J connectivity index is 1.68. The third-order valence-electron chi connectivity index (χ3n) is 12.1. The average Bonchev–Trinajstić information content (AvgIpc) is 2.64. The van der Waals surface area contributed by atoms with E-state index in [0.717, 1.165) is 31.1 Å². The average molecular weight is 429 g/mol. The summed E-state index contributed by atoms with van der Waals surface area (Å²) in [5.41, 5.74) is 2.76. The summed E-state index contributed by atoms with van der Waals surface area (Å²) in [6.07, 6.45) is 16.8. The molecule has 1 N–H and O–H groups in total. The highest BCUT2D eigenvalue weighted by atomic mass is 16.3. The van der Waals surface area contributed by atoms with Crippen LogP contribution in [0.5, 0.6) is 0 Å². The third kappa shape index (κ3) is 3.50. The minimum absolute atomic E-state index is 0.378. The molecule has 0 aliphatic heterocycles. The van der Waals surface area contributed by atoms with Crippen molar-refractivity contribution in [3.05, 3.63) is 11.6 Å². The molecule has 4 aliphatic carbocycles. The van der Waals surface area contributed by atoms with Gasteiger partial charge in [-0.2, -0.15) is 0 Å². The van der Waals surface area contributed by atoms with E-state index >= 15 is 0 Å².